The molecular formula is C7H14O. The Hall–Kier alpha value is -0.560. The predicted molar refractivity (Wildman–Crippen MR) is 37.7 cm³/mol. The van der Waals surface area contributed by atoms with Crippen LogP contribution in [0, 0.1) is 5.92 Å². The zero-order valence-electron chi connectivity index (χ0n) is 5.43. The third kappa shape index (κ3) is 9.06. The molecule has 0 aromatic heterocycles. The summed E-state index contributed by atoms with van der Waals surface area (Å²) in [6, 6.07) is 0. The molecular weight excluding hydrogens is 100 g/mol. The molecule has 0 spiro atoms. The van der Waals surface area contributed by atoms with Crippen molar-refractivity contribution in [2.75, 3.05) is 6.61 Å². The van der Waals surface area contributed by atoms with Gasteiger partial charge in [-0.05, 0) is 5.92 Å². The summed E-state index contributed by atoms with van der Waals surface area (Å²) in [5.41, 5.74) is 0. The Labute approximate surface area is 51.3 Å². The first-order valence-electron chi connectivity index (χ1n) is 2.54. The van der Waals surface area contributed by atoms with Gasteiger partial charge in [0.1, 0.15) is 0 Å². The molecule has 1 N–H and O–H groups in total. The van der Waals surface area contributed by atoms with Crippen molar-refractivity contribution in [3.8, 4) is 0 Å². The first-order chi connectivity index (χ1) is 3.81. The molecule has 0 aromatic rings. The lowest BCUT2D eigenvalue weighted by Crippen LogP contribution is -1.93. The van der Waals surface area contributed by atoms with Gasteiger partial charge in [0.15, 0.2) is 0 Å². The average molecular weight is 114 g/mol. The summed E-state index contributed by atoms with van der Waals surface area (Å²) in [6.07, 6.45) is 1.72. The number of aliphatic hydroxyl groups excluding tert-OH is 1. The zero-order chi connectivity index (χ0) is 6.99. The molecule has 0 heterocycles. The lowest BCUT2D eigenvalue weighted by atomic mass is 10.2. The maximum atomic E-state index is 8.26. The molecule has 0 aliphatic rings. The highest BCUT2D eigenvalue weighted by Crippen LogP contribution is 1.89. The molecule has 0 aliphatic heterocycles. The number of hydrogen-bond acceptors (Lipinski definition) is 1. The van der Waals surface area contributed by atoms with Crippen LogP contribution in [0.15, 0.2) is 25.8 Å². The van der Waals surface area contributed by atoms with Crippen molar-refractivity contribution >= 4 is 0 Å². The van der Waals surface area contributed by atoms with E-state index in [0.717, 1.165) is 0 Å². The topological polar surface area (TPSA) is 20.2 Å². The summed E-state index contributed by atoms with van der Waals surface area (Å²) in [4.78, 5) is 0. The van der Waals surface area contributed by atoms with Gasteiger partial charge in [0.05, 0.1) is 0 Å². The Morgan fingerprint density at radius 3 is 2.00 bits per heavy atom. The van der Waals surface area contributed by atoms with Gasteiger partial charge in [-0.2, -0.15) is 0 Å². The first kappa shape index (κ1) is 10.4. The van der Waals surface area contributed by atoms with Crippen LogP contribution in [0.1, 0.15) is 6.92 Å². The number of aliphatic hydroxyl groups is 1. The summed E-state index contributed by atoms with van der Waals surface area (Å²) in [6.45, 7) is 11.6. The monoisotopic (exact) mass is 114 g/mol. The molecule has 0 saturated heterocycles. The third-order valence-electron chi connectivity index (χ3n) is 0.690. The highest BCUT2D eigenvalue weighted by Gasteiger charge is 1.85. The summed E-state index contributed by atoms with van der Waals surface area (Å²) in [5, 5.41) is 8.26. The minimum absolute atomic E-state index is 0.212. The maximum Gasteiger partial charge on any atom is 0.0491 e. The smallest absolute Gasteiger partial charge is 0.0491 e. The van der Waals surface area contributed by atoms with Crippen LogP contribution in [0.4, 0.5) is 0 Å². The van der Waals surface area contributed by atoms with Gasteiger partial charge in [-0.15, -0.1) is 19.7 Å². The van der Waals surface area contributed by atoms with Crippen molar-refractivity contribution < 1.29 is 5.11 Å². The molecule has 0 aromatic carbocycles. The second-order valence-electron chi connectivity index (χ2n) is 1.40. The van der Waals surface area contributed by atoms with Gasteiger partial charge < -0.3 is 5.11 Å². The van der Waals surface area contributed by atoms with Crippen molar-refractivity contribution in [3.05, 3.63) is 25.8 Å². The van der Waals surface area contributed by atoms with Crippen LogP contribution in [-0.4, -0.2) is 11.7 Å². The van der Waals surface area contributed by atoms with E-state index in [1.54, 1.807) is 6.08 Å². The van der Waals surface area contributed by atoms with Gasteiger partial charge in [-0.3, -0.25) is 0 Å². The Kier molecular flexibility index (Phi) is 12.6. The maximum absolute atomic E-state index is 8.26. The van der Waals surface area contributed by atoms with Crippen LogP contribution in [0.3, 0.4) is 0 Å². The van der Waals surface area contributed by atoms with Crippen LogP contribution in [-0.2, 0) is 0 Å². The third-order valence-corrected chi connectivity index (χ3v) is 0.690. The lowest BCUT2D eigenvalue weighted by Gasteiger charge is -1.93. The van der Waals surface area contributed by atoms with Gasteiger partial charge in [-0.1, -0.05) is 13.0 Å². The molecule has 0 saturated carbocycles. The van der Waals surface area contributed by atoms with E-state index in [0.29, 0.717) is 0 Å². The summed E-state index contributed by atoms with van der Waals surface area (Å²) < 4.78 is 0. The highest BCUT2D eigenvalue weighted by atomic mass is 16.3. The van der Waals surface area contributed by atoms with Gasteiger partial charge in [0.2, 0.25) is 0 Å². The van der Waals surface area contributed by atoms with Crippen molar-refractivity contribution in [1.29, 1.82) is 0 Å². The van der Waals surface area contributed by atoms with Gasteiger partial charge in [0, 0.05) is 6.61 Å². The van der Waals surface area contributed by atoms with Crippen LogP contribution in [0.5, 0.6) is 0 Å². The van der Waals surface area contributed by atoms with Crippen LogP contribution in [0.2, 0.25) is 0 Å². The number of hydrogen-bond donors (Lipinski definition) is 1. The van der Waals surface area contributed by atoms with E-state index in [9.17, 15) is 0 Å². The Morgan fingerprint density at radius 1 is 1.62 bits per heavy atom. The molecule has 1 heteroatoms. The molecule has 1 nitrogen and oxygen atoms in total. The fraction of sp³-hybridized carbons (Fsp3) is 0.429. The van der Waals surface area contributed by atoms with Crippen LogP contribution < -0.4 is 0 Å². The molecule has 48 valence electrons. The van der Waals surface area contributed by atoms with Crippen molar-refractivity contribution in [2.45, 2.75) is 6.92 Å². The van der Waals surface area contributed by atoms with E-state index in [1.807, 2.05) is 6.92 Å². The zero-order valence-corrected chi connectivity index (χ0v) is 5.43. The predicted octanol–water partition coefficient (Wildman–Crippen LogP) is 1.60. The summed E-state index contributed by atoms with van der Waals surface area (Å²) in [5.74, 6) is 0.255. The minimum Gasteiger partial charge on any atom is -0.396 e. The minimum atomic E-state index is 0.212. The fourth-order valence-corrected chi connectivity index (χ4v) is 0.0745. The number of rotatable bonds is 2. The molecule has 0 aliphatic carbocycles. The first-order valence-corrected chi connectivity index (χ1v) is 2.54. The summed E-state index contributed by atoms with van der Waals surface area (Å²) >= 11 is 0. The van der Waals surface area contributed by atoms with E-state index >= 15 is 0 Å². The fourth-order valence-electron chi connectivity index (χ4n) is 0.0745. The van der Waals surface area contributed by atoms with E-state index in [1.165, 1.54) is 0 Å². The van der Waals surface area contributed by atoms with Gasteiger partial charge in [-0.25, -0.2) is 0 Å². The van der Waals surface area contributed by atoms with Crippen molar-refractivity contribution in [2.24, 2.45) is 5.92 Å². The normalized spacial score (nSPS) is 10.8. The lowest BCUT2D eigenvalue weighted by molar-refractivity contribution is 0.262. The Balaban J connectivity index is 0. The SMILES string of the molecule is C=C.C=CC(C)CO. The molecule has 0 radical (unpaired) electrons. The molecule has 0 rings (SSSR count). The Bertz CT molecular complexity index is 50.3. The van der Waals surface area contributed by atoms with Crippen molar-refractivity contribution in [1.82, 2.24) is 0 Å². The Morgan fingerprint density at radius 2 is 2.00 bits per heavy atom. The highest BCUT2D eigenvalue weighted by molar-refractivity contribution is 4.72. The average Bonchev–Trinajstić information content (AvgIpc) is 1.91. The largest absolute Gasteiger partial charge is 0.396 e. The van der Waals surface area contributed by atoms with Crippen LogP contribution >= 0.6 is 0 Å². The van der Waals surface area contributed by atoms with Gasteiger partial charge >= 0.3 is 0 Å². The summed E-state index contributed by atoms with van der Waals surface area (Å²) in [7, 11) is 0. The van der Waals surface area contributed by atoms with E-state index in [2.05, 4.69) is 19.7 Å². The van der Waals surface area contributed by atoms with Crippen molar-refractivity contribution in [3.63, 3.8) is 0 Å². The molecule has 0 amide bonds. The van der Waals surface area contributed by atoms with Crippen LogP contribution in [0.25, 0.3) is 0 Å². The second kappa shape index (κ2) is 9.67. The molecule has 8 heavy (non-hydrogen) atoms. The molecule has 0 fully saturated rings. The van der Waals surface area contributed by atoms with E-state index in [-0.39, 0.29) is 12.5 Å². The standard InChI is InChI=1S/C5H10O.C2H4/c1-3-5(2)4-6;1-2/h3,5-6H,1,4H2,2H3;1-2H2. The molecule has 1 atom stereocenters. The van der Waals surface area contributed by atoms with Gasteiger partial charge in [0.25, 0.3) is 0 Å². The second-order valence-corrected chi connectivity index (χ2v) is 1.40. The van der Waals surface area contributed by atoms with E-state index in [4.69, 9.17) is 5.11 Å². The molecule has 0 bridgehead atoms. The quantitative estimate of drug-likeness (QED) is 0.541. The molecule has 1 unspecified atom stereocenters. The van der Waals surface area contributed by atoms with E-state index < -0.39 is 0 Å².